The Morgan fingerprint density at radius 1 is 1.04 bits per heavy atom. The van der Waals surface area contributed by atoms with Crippen molar-refractivity contribution in [2.45, 2.75) is 6.42 Å². The molecule has 0 bridgehead atoms. The Hall–Kier alpha value is -2.33. The third kappa shape index (κ3) is 5.42. The highest BCUT2D eigenvalue weighted by molar-refractivity contribution is 7.80. The quantitative estimate of drug-likeness (QED) is 0.617. The molecule has 0 aliphatic carbocycles. The van der Waals surface area contributed by atoms with E-state index in [1.807, 2.05) is 48.6 Å². The summed E-state index contributed by atoms with van der Waals surface area (Å²) in [4.78, 5) is 0.718. The van der Waals surface area contributed by atoms with Crippen LogP contribution in [0.3, 0.4) is 0 Å². The van der Waals surface area contributed by atoms with Crippen LogP contribution in [0.15, 0.2) is 54.6 Å². The first kappa shape index (κ1) is 17.0. The van der Waals surface area contributed by atoms with Crippen molar-refractivity contribution in [1.29, 1.82) is 0 Å². The topological polar surface area (TPSA) is 30.5 Å². The van der Waals surface area contributed by atoms with Crippen molar-refractivity contribution in [3.05, 3.63) is 65.7 Å². The Bertz CT molecular complexity index is 668. The predicted molar refractivity (Wildman–Crippen MR) is 99.3 cm³/mol. The molecule has 0 heterocycles. The van der Waals surface area contributed by atoms with Gasteiger partial charge in [-0.25, -0.2) is 0 Å². The van der Waals surface area contributed by atoms with Crippen LogP contribution in [0.1, 0.15) is 11.1 Å². The molecule has 2 rings (SSSR count). The maximum Gasteiger partial charge on any atom is 0.161 e. The molecular formula is C19H21NO2S. The van der Waals surface area contributed by atoms with Gasteiger partial charge in [0, 0.05) is 6.54 Å². The van der Waals surface area contributed by atoms with Gasteiger partial charge in [-0.05, 0) is 35.8 Å². The highest BCUT2D eigenvalue weighted by atomic mass is 32.1. The minimum Gasteiger partial charge on any atom is -0.493 e. The molecule has 0 aromatic heterocycles. The minimum atomic E-state index is 0.706. The van der Waals surface area contributed by atoms with E-state index in [9.17, 15) is 0 Å². The zero-order chi connectivity index (χ0) is 16.5. The van der Waals surface area contributed by atoms with Crippen LogP contribution in [0, 0.1) is 0 Å². The van der Waals surface area contributed by atoms with Crippen LogP contribution in [-0.2, 0) is 6.42 Å². The number of nitrogens with one attached hydrogen (secondary N) is 1. The average molecular weight is 327 g/mol. The second-order valence-electron chi connectivity index (χ2n) is 4.97. The number of ether oxygens (including phenoxy) is 2. The van der Waals surface area contributed by atoms with Gasteiger partial charge in [0.2, 0.25) is 0 Å². The minimum absolute atomic E-state index is 0.706. The lowest BCUT2D eigenvalue weighted by atomic mass is 10.1. The molecule has 2 aromatic carbocycles. The lowest BCUT2D eigenvalue weighted by Crippen LogP contribution is -2.21. The summed E-state index contributed by atoms with van der Waals surface area (Å²) in [6.45, 7) is 0.819. The molecular weight excluding hydrogens is 306 g/mol. The fourth-order valence-electron chi connectivity index (χ4n) is 2.16. The molecule has 0 saturated heterocycles. The van der Waals surface area contributed by atoms with Crippen molar-refractivity contribution in [1.82, 2.24) is 5.32 Å². The van der Waals surface area contributed by atoms with Gasteiger partial charge in [-0.15, -0.1) is 0 Å². The van der Waals surface area contributed by atoms with Crippen molar-refractivity contribution in [2.75, 3.05) is 20.8 Å². The number of hydrogen-bond acceptors (Lipinski definition) is 3. The highest BCUT2D eigenvalue weighted by Gasteiger charge is 2.02. The van der Waals surface area contributed by atoms with Gasteiger partial charge in [0.25, 0.3) is 0 Å². The summed E-state index contributed by atoms with van der Waals surface area (Å²) < 4.78 is 10.5. The molecule has 0 aliphatic heterocycles. The summed E-state index contributed by atoms with van der Waals surface area (Å²) in [5.74, 6) is 1.42. The van der Waals surface area contributed by atoms with Crippen molar-refractivity contribution in [2.24, 2.45) is 0 Å². The van der Waals surface area contributed by atoms with Crippen molar-refractivity contribution in [3.63, 3.8) is 0 Å². The van der Waals surface area contributed by atoms with E-state index >= 15 is 0 Å². The largest absolute Gasteiger partial charge is 0.493 e. The summed E-state index contributed by atoms with van der Waals surface area (Å²) >= 11 is 5.32. The Labute approximate surface area is 142 Å². The summed E-state index contributed by atoms with van der Waals surface area (Å²) in [5, 5.41) is 3.24. The van der Waals surface area contributed by atoms with Gasteiger partial charge < -0.3 is 14.8 Å². The van der Waals surface area contributed by atoms with Crippen LogP contribution >= 0.6 is 12.2 Å². The second-order valence-corrected chi connectivity index (χ2v) is 5.41. The van der Waals surface area contributed by atoms with E-state index in [0.717, 1.165) is 23.5 Å². The molecule has 3 nitrogen and oxygen atoms in total. The van der Waals surface area contributed by atoms with Crippen LogP contribution in [0.2, 0.25) is 0 Å². The second kappa shape index (κ2) is 8.96. The number of benzene rings is 2. The molecule has 0 aliphatic rings. The third-order valence-corrected chi connectivity index (χ3v) is 3.67. The van der Waals surface area contributed by atoms with Crippen LogP contribution in [0.25, 0.3) is 6.08 Å². The number of methoxy groups -OCH3 is 2. The molecule has 0 radical (unpaired) electrons. The summed E-state index contributed by atoms with van der Waals surface area (Å²) in [7, 11) is 3.25. The standard InChI is InChI=1S/C19H21NO2S/c1-21-17-10-8-16(14-18(17)22-2)9-11-19(23)20-13-12-15-6-4-3-5-7-15/h3-11,14H,12-13H2,1-2H3,(H,20,23)/b11-9+. The van der Waals surface area contributed by atoms with Crippen LogP contribution in [0.4, 0.5) is 0 Å². The van der Waals surface area contributed by atoms with Gasteiger partial charge in [0.15, 0.2) is 11.5 Å². The fourth-order valence-corrected chi connectivity index (χ4v) is 2.33. The number of rotatable bonds is 7. The normalized spacial score (nSPS) is 10.5. The van der Waals surface area contributed by atoms with Gasteiger partial charge in [-0.1, -0.05) is 54.7 Å². The molecule has 0 fully saturated rings. The monoisotopic (exact) mass is 327 g/mol. The van der Waals surface area contributed by atoms with Gasteiger partial charge in [0.05, 0.1) is 19.2 Å². The number of hydrogen-bond donors (Lipinski definition) is 1. The predicted octanol–water partition coefficient (Wildman–Crippen LogP) is 3.88. The number of thiocarbonyl (C=S) groups is 1. The molecule has 0 unspecified atom stereocenters. The molecule has 1 N–H and O–H groups in total. The first-order chi connectivity index (χ1) is 11.2. The van der Waals surface area contributed by atoms with Crippen LogP contribution < -0.4 is 14.8 Å². The highest BCUT2D eigenvalue weighted by Crippen LogP contribution is 2.27. The first-order valence-corrected chi connectivity index (χ1v) is 7.85. The van der Waals surface area contributed by atoms with E-state index in [1.54, 1.807) is 14.2 Å². The van der Waals surface area contributed by atoms with Crippen molar-refractivity contribution < 1.29 is 9.47 Å². The molecule has 0 spiro atoms. The van der Waals surface area contributed by atoms with E-state index in [4.69, 9.17) is 21.7 Å². The molecule has 4 heteroatoms. The van der Waals surface area contributed by atoms with E-state index in [0.29, 0.717) is 11.5 Å². The third-order valence-electron chi connectivity index (χ3n) is 3.39. The lowest BCUT2D eigenvalue weighted by molar-refractivity contribution is 0.355. The maximum absolute atomic E-state index is 5.32. The lowest BCUT2D eigenvalue weighted by Gasteiger charge is -2.08. The Balaban J connectivity index is 1.86. The van der Waals surface area contributed by atoms with Gasteiger partial charge in [-0.2, -0.15) is 0 Å². The molecule has 2 aromatic rings. The van der Waals surface area contributed by atoms with E-state index in [2.05, 4.69) is 17.4 Å². The van der Waals surface area contributed by atoms with Gasteiger partial charge >= 0.3 is 0 Å². The Kier molecular flexibility index (Phi) is 6.63. The van der Waals surface area contributed by atoms with E-state index < -0.39 is 0 Å². The summed E-state index contributed by atoms with van der Waals surface area (Å²) in [5.41, 5.74) is 2.31. The Morgan fingerprint density at radius 3 is 2.48 bits per heavy atom. The van der Waals surface area contributed by atoms with Crippen LogP contribution in [-0.4, -0.2) is 25.8 Å². The van der Waals surface area contributed by atoms with Crippen molar-refractivity contribution in [3.8, 4) is 11.5 Å². The first-order valence-electron chi connectivity index (χ1n) is 7.45. The van der Waals surface area contributed by atoms with Crippen LogP contribution in [0.5, 0.6) is 11.5 Å². The van der Waals surface area contributed by atoms with E-state index in [-0.39, 0.29) is 0 Å². The van der Waals surface area contributed by atoms with Gasteiger partial charge in [0.1, 0.15) is 0 Å². The SMILES string of the molecule is COc1ccc(/C=C/C(=S)NCCc2ccccc2)cc1OC. The smallest absolute Gasteiger partial charge is 0.161 e. The maximum atomic E-state index is 5.32. The molecule has 0 atom stereocenters. The zero-order valence-corrected chi connectivity index (χ0v) is 14.2. The van der Waals surface area contributed by atoms with Crippen molar-refractivity contribution >= 4 is 23.3 Å². The molecule has 120 valence electrons. The molecule has 23 heavy (non-hydrogen) atoms. The average Bonchev–Trinajstić information content (AvgIpc) is 2.60. The summed E-state index contributed by atoms with van der Waals surface area (Å²) in [6.07, 6.45) is 4.80. The Morgan fingerprint density at radius 2 is 1.78 bits per heavy atom. The molecule has 0 saturated carbocycles. The zero-order valence-electron chi connectivity index (χ0n) is 13.4. The molecule has 0 amide bonds. The summed E-state index contributed by atoms with van der Waals surface area (Å²) in [6, 6.07) is 16.1. The van der Waals surface area contributed by atoms with E-state index in [1.165, 1.54) is 5.56 Å². The van der Waals surface area contributed by atoms with Gasteiger partial charge in [-0.3, -0.25) is 0 Å². The fraction of sp³-hybridized carbons (Fsp3) is 0.211.